The van der Waals surface area contributed by atoms with Gasteiger partial charge in [-0.3, -0.25) is 24.8 Å². The fourth-order valence-corrected chi connectivity index (χ4v) is 16.1. The van der Waals surface area contributed by atoms with Crippen molar-refractivity contribution in [3.63, 3.8) is 0 Å². The third-order valence-corrected chi connectivity index (χ3v) is 24.1. The maximum atomic E-state index is 14.5. The van der Waals surface area contributed by atoms with E-state index in [1.165, 1.54) is 122 Å². The summed E-state index contributed by atoms with van der Waals surface area (Å²) in [4.78, 5) is 55.4. The van der Waals surface area contributed by atoms with Gasteiger partial charge in [0.05, 0.1) is 24.2 Å². The standard InChI is InChI=1S/C33H40N4O.C33H39N4O.C27H29N2.4Y/c1-20-8-12-27(13-9-20)30-31(28-14-10-21(2)11-15-28)37(33(38)36-18-16-34-17-19-36)32(35-30)29-25(6)23(4)22(3)24(5)26(29)7;1-21-13-15-27(16-14-21)30-31(28-11-9-8-10-12-28)37(33(38)36-19-17-35(7)18-20-36)32(34-30)29-25(5)23(3)22(2)24(4)26(29)6;1-16-12-14-23(15-13-16)26-25(22-10-8-7-9-11-22)28-27(29-26)24-20(5)18(3)17(2)19(4)21(24)6;;;;/h8-15,30-31,34H,16-19H2,1-7H3;9-16,30-31H,17-20H2,1-7H3;8-15,25-26H,1-6H3,(H,28,29);;;;/q;2*-1;;;;/t2*30-,31+;25-,26+;;;;/m110..../s1. The van der Waals surface area contributed by atoms with E-state index in [2.05, 4.69) is 288 Å². The zero-order valence-corrected chi connectivity index (χ0v) is 79.5. The molecule has 5 aliphatic rings. The Kier molecular flexibility index (Phi) is 31.6. The van der Waals surface area contributed by atoms with Crippen molar-refractivity contribution >= 4 is 29.6 Å². The van der Waals surface area contributed by atoms with E-state index >= 15 is 0 Å². The zero-order chi connectivity index (χ0) is 75.0. The minimum absolute atomic E-state index is 0. The minimum atomic E-state index is -0.241. The van der Waals surface area contributed by atoms with E-state index in [0.717, 1.165) is 77.1 Å². The molecule has 2 N–H and O–H groups in total. The van der Waals surface area contributed by atoms with Gasteiger partial charge in [-0.05, 0) is 244 Å². The molecule has 16 heteroatoms. The van der Waals surface area contributed by atoms with Crippen LogP contribution in [0, 0.1) is 144 Å². The van der Waals surface area contributed by atoms with E-state index in [0.29, 0.717) is 26.2 Å². The molecular formula is C93H108N10O2Y4-2. The van der Waals surface area contributed by atoms with Crippen molar-refractivity contribution in [1.82, 2.24) is 35.1 Å². The molecule has 556 valence electrons. The summed E-state index contributed by atoms with van der Waals surface area (Å²) < 4.78 is 0. The number of urea groups is 2. The van der Waals surface area contributed by atoms with Crippen LogP contribution in [0.1, 0.15) is 192 Å². The van der Waals surface area contributed by atoms with Gasteiger partial charge in [0.1, 0.15) is 29.6 Å². The number of hydrogen-bond donors (Lipinski definition) is 2. The minimum Gasteiger partial charge on any atom is -0.361 e. The summed E-state index contributed by atoms with van der Waals surface area (Å²) in [6.07, 6.45) is 0. The smallest absolute Gasteiger partial charge is 0.326 e. The number of aliphatic imine (C=N–C) groups is 3. The van der Waals surface area contributed by atoms with Crippen molar-refractivity contribution in [1.29, 1.82) is 0 Å². The van der Waals surface area contributed by atoms with E-state index in [1.807, 2.05) is 43.9 Å². The summed E-state index contributed by atoms with van der Waals surface area (Å²) in [6.45, 7) is 47.6. The number of benzene rings is 9. The number of carbonyl (C=O) groups excluding carboxylic acids is 2. The van der Waals surface area contributed by atoms with Crippen LogP contribution in [0.25, 0.3) is 0 Å². The van der Waals surface area contributed by atoms with Crippen molar-refractivity contribution in [2.75, 3.05) is 59.4 Å². The number of aryl methyl sites for hydroxylation is 4. The number of piperazine rings is 2. The van der Waals surface area contributed by atoms with Crippen LogP contribution in [0.2, 0.25) is 0 Å². The first-order valence-electron chi connectivity index (χ1n) is 37.7. The largest absolute Gasteiger partial charge is 0.361 e. The Morgan fingerprint density at radius 2 is 0.615 bits per heavy atom. The summed E-state index contributed by atoms with van der Waals surface area (Å²) in [5, 5.41) is 7.18. The SMILES string of the molecule is Cc1ccc([C@H]2N=C(c3c(C)c(C)c(C)c(C)c3C)N(C(=O)N3CCN(C)CC3)[C@H]2c2cc[c-]cc2)cc1.Cc1ccc([C@H]2N=C(c3c(C)c(C)c(C)c(C)c3C)N(C(=O)N3CCNCC3)[C@H]2c2ccc(C)cc2)cc1.Cc1ccc([C@H]2NC(c3c(C)c(C)c(C)c(C)c3C)=N[C@H]2c2cc[c-]cc2)cc1.[Y].[Y].[Y].[Y]. The van der Waals surface area contributed by atoms with Crippen molar-refractivity contribution in [2.24, 2.45) is 15.0 Å². The Balaban J connectivity index is 0.000000204. The van der Waals surface area contributed by atoms with Gasteiger partial charge < -0.3 is 25.3 Å². The number of hydrogen-bond acceptors (Lipinski definition) is 8. The Morgan fingerprint density at radius 3 is 0.972 bits per heavy atom. The molecule has 2 fully saturated rings. The van der Waals surface area contributed by atoms with Gasteiger partial charge in [0.2, 0.25) is 0 Å². The molecule has 9 aromatic carbocycles. The third kappa shape index (κ3) is 18.6. The number of carbonyl (C=O) groups is 2. The first-order chi connectivity index (χ1) is 50.2. The van der Waals surface area contributed by atoms with E-state index in [1.54, 1.807) is 0 Å². The second-order valence-corrected chi connectivity index (χ2v) is 30.4. The first-order valence-corrected chi connectivity index (χ1v) is 37.7. The van der Waals surface area contributed by atoms with Gasteiger partial charge >= 0.3 is 12.1 Å². The molecule has 0 bridgehead atoms. The maximum absolute atomic E-state index is 14.5. The number of nitrogens with one attached hydrogen (secondary N) is 2. The van der Waals surface area contributed by atoms with Gasteiger partial charge in [-0.2, -0.15) is 60.7 Å². The second-order valence-electron chi connectivity index (χ2n) is 30.4. The Morgan fingerprint density at radius 1 is 0.330 bits per heavy atom. The van der Waals surface area contributed by atoms with Gasteiger partial charge in [-0.25, -0.2) is 9.59 Å². The normalized spacial score (nSPS) is 18.8. The van der Waals surface area contributed by atoms with Gasteiger partial charge in [0, 0.05) is 200 Å². The van der Waals surface area contributed by atoms with Crippen LogP contribution in [0.15, 0.2) is 161 Å². The van der Waals surface area contributed by atoms with E-state index in [9.17, 15) is 9.59 Å². The number of nitrogens with zero attached hydrogens (tertiary/aromatic N) is 8. The topological polar surface area (TPSA) is 111 Å². The fraction of sp³-hybridized carbons (Fsp3) is 0.366. The Bertz CT molecular complexity index is 4730. The summed E-state index contributed by atoms with van der Waals surface area (Å²) >= 11 is 0. The van der Waals surface area contributed by atoms with E-state index in [4.69, 9.17) is 15.0 Å². The van der Waals surface area contributed by atoms with E-state index < -0.39 is 0 Å². The molecule has 0 aromatic heterocycles. The molecule has 5 heterocycles. The Labute approximate surface area is 752 Å². The first kappa shape index (κ1) is 89.2. The molecule has 4 amide bonds. The zero-order valence-electron chi connectivity index (χ0n) is 68.2. The summed E-state index contributed by atoms with van der Waals surface area (Å²) in [5.41, 5.74) is 34.5. The quantitative estimate of drug-likeness (QED) is 0.140. The van der Waals surface area contributed by atoms with Crippen LogP contribution >= 0.6 is 0 Å². The Hall–Kier alpha value is -5.33. The number of amidine groups is 3. The third-order valence-electron chi connectivity index (χ3n) is 24.1. The van der Waals surface area contributed by atoms with Crippen LogP contribution < -0.4 is 10.6 Å². The predicted octanol–water partition coefficient (Wildman–Crippen LogP) is 18.8. The fourth-order valence-electron chi connectivity index (χ4n) is 16.1. The van der Waals surface area contributed by atoms with Gasteiger partial charge in [0.25, 0.3) is 0 Å². The van der Waals surface area contributed by atoms with Gasteiger partial charge in [-0.15, -0.1) is 11.1 Å². The summed E-state index contributed by atoms with van der Waals surface area (Å²) in [6, 6.07) is 56.6. The van der Waals surface area contributed by atoms with Crippen LogP contribution in [-0.4, -0.2) is 113 Å². The molecule has 12 nitrogen and oxygen atoms in total. The molecule has 0 aliphatic carbocycles. The monoisotopic (exact) mass is 1750 g/mol. The number of rotatable bonds is 9. The second kappa shape index (κ2) is 38.7. The molecular weight excluding hydrogens is 1640 g/mol. The molecule has 0 unspecified atom stereocenters. The van der Waals surface area contributed by atoms with Crippen LogP contribution in [0.5, 0.6) is 0 Å². The number of amides is 4. The van der Waals surface area contributed by atoms with Crippen molar-refractivity contribution in [3.8, 4) is 0 Å². The van der Waals surface area contributed by atoms with Crippen LogP contribution in [0.3, 0.4) is 0 Å². The number of likely N-dealkylation sites (N-methyl/N-ethyl adjacent to an activating group) is 1. The molecule has 0 saturated carbocycles. The molecule has 2 saturated heterocycles. The molecule has 6 atom stereocenters. The summed E-state index contributed by atoms with van der Waals surface area (Å²) in [5.74, 6) is 2.60. The van der Waals surface area contributed by atoms with Gasteiger partial charge in [-0.1, -0.05) is 119 Å². The summed E-state index contributed by atoms with van der Waals surface area (Å²) in [7, 11) is 2.12. The molecule has 5 aliphatic heterocycles. The molecule has 109 heavy (non-hydrogen) atoms. The molecule has 0 spiro atoms. The van der Waals surface area contributed by atoms with Crippen LogP contribution in [-0.2, 0) is 131 Å². The average Bonchev–Trinajstić information content (AvgIpc) is 1.62. The maximum Gasteiger partial charge on any atom is 0.326 e. The van der Waals surface area contributed by atoms with Gasteiger partial charge in [0.15, 0.2) is 0 Å². The van der Waals surface area contributed by atoms with Crippen molar-refractivity contribution < 1.29 is 140 Å². The molecule has 4 radical (unpaired) electrons. The van der Waals surface area contributed by atoms with Crippen molar-refractivity contribution in [2.45, 2.75) is 168 Å². The average molecular weight is 1750 g/mol. The molecule has 14 rings (SSSR count). The van der Waals surface area contributed by atoms with Crippen LogP contribution in [0.4, 0.5) is 9.59 Å². The van der Waals surface area contributed by atoms with E-state index in [-0.39, 0.29) is 179 Å². The molecule has 9 aromatic rings. The van der Waals surface area contributed by atoms with Crippen molar-refractivity contribution in [3.05, 3.63) is 314 Å². The predicted molar refractivity (Wildman–Crippen MR) is 433 cm³/mol.